The summed E-state index contributed by atoms with van der Waals surface area (Å²) in [6.45, 7) is 3.12. The van der Waals surface area contributed by atoms with Gasteiger partial charge < -0.3 is 19.3 Å². The van der Waals surface area contributed by atoms with Crippen LogP contribution in [-0.4, -0.2) is 57.2 Å². The second-order valence-corrected chi connectivity index (χ2v) is 9.95. The van der Waals surface area contributed by atoms with Crippen LogP contribution in [0.4, 0.5) is 5.69 Å². The smallest absolute Gasteiger partial charge is 0.338 e. The Hall–Kier alpha value is -3.29. The van der Waals surface area contributed by atoms with E-state index in [0.29, 0.717) is 18.7 Å². The minimum Gasteiger partial charge on any atom is -0.497 e. The first-order valence-corrected chi connectivity index (χ1v) is 12.4. The molecule has 0 aromatic heterocycles. The van der Waals surface area contributed by atoms with Gasteiger partial charge in [-0.1, -0.05) is 42.0 Å². The zero-order valence-corrected chi connectivity index (χ0v) is 21.2. The molecule has 1 heterocycles. The van der Waals surface area contributed by atoms with Crippen molar-refractivity contribution in [1.82, 2.24) is 4.90 Å². The van der Waals surface area contributed by atoms with E-state index in [4.69, 9.17) is 9.47 Å². The van der Waals surface area contributed by atoms with Gasteiger partial charge in [0.2, 0.25) is 0 Å². The number of nitrogens with zero attached hydrogens (tertiary/aromatic N) is 2. The van der Waals surface area contributed by atoms with Crippen LogP contribution in [0.15, 0.2) is 77.7 Å². The fourth-order valence-corrected chi connectivity index (χ4v) is 5.25. The highest BCUT2D eigenvalue weighted by Gasteiger charge is 2.41. The average Bonchev–Trinajstić information content (AvgIpc) is 2.97. The summed E-state index contributed by atoms with van der Waals surface area (Å²) in [7, 11) is 5.56. The molecule has 0 saturated heterocycles. The molecule has 182 valence electrons. The number of hydrogen-bond donors (Lipinski definition) is 0. The van der Waals surface area contributed by atoms with Crippen molar-refractivity contribution in [2.45, 2.75) is 23.2 Å². The number of aryl methyl sites for hydroxylation is 1. The van der Waals surface area contributed by atoms with E-state index in [-0.39, 0.29) is 5.91 Å². The van der Waals surface area contributed by atoms with Crippen LogP contribution >= 0.6 is 11.8 Å². The van der Waals surface area contributed by atoms with Crippen LogP contribution in [0.25, 0.3) is 0 Å². The Morgan fingerprint density at radius 1 is 1.00 bits per heavy atom. The molecule has 0 N–H and O–H groups in total. The van der Waals surface area contributed by atoms with Crippen LogP contribution < -0.4 is 9.64 Å². The minimum absolute atomic E-state index is 0.231. The Morgan fingerprint density at radius 3 is 2.34 bits per heavy atom. The van der Waals surface area contributed by atoms with Crippen molar-refractivity contribution < 1.29 is 19.1 Å². The van der Waals surface area contributed by atoms with Crippen molar-refractivity contribution in [1.29, 1.82) is 0 Å². The normalized spacial score (nSPS) is 17.6. The molecule has 2 atom stereocenters. The molecule has 0 bridgehead atoms. The Kier molecular flexibility index (Phi) is 7.78. The summed E-state index contributed by atoms with van der Waals surface area (Å²) >= 11 is 1.54. The molecule has 0 radical (unpaired) electrons. The number of rotatable bonds is 7. The number of carbonyl (C=O) groups excluding carboxylic acids is 2. The van der Waals surface area contributed by atoms with Gasteiger partial charge in [0, 0.05) is 18.0 Å². The molecule has 6 nitrogen and oxygen atoms in total. The molecule has 1 aliphatic rings. The monoisotopic (exact) mass is 490 g/mol. The summed E-state index contributed by atoms with van der Waals surface area (Å²) in [6.07, 6.45) is -1.00. The molecule has 4 rings (SSSR count). The largest absolute Gasteiger partial charge is 0.497 e. The van der Waals surface area contributed by atoms with Crippen LogP contribution in [0, 0.1) is 6.92 Å². The number of likely N-dealkylation sites (N-methyl/N-ethyl adjacent to an activating group) is 1. The molecule has 0 spiro atoms. The van der Waals surface area contributed by atoms with E-state index in [1.54, 1.807) is 24.1 Å². The van der Waals surface area contributed by atoms with Crippen LogP contribution in [-0.2, 0) is 9.53 Å². The van der Waals surface area contributed by atoms with Gasteiger partial charge in [0.05, 0.1) is 23.6 Å². The molecule has 0 fully saturated rings. The van der Waals surface area contributed by atoms with Crippen LogP contribution in [0.2, 0.25) is 0 Å². The highest BCUT2D eigenvalue weighted by Crippen LogP contribution is 2.47. The number of ether oxygens (including phenoxy) is 2. The maximum absolute atomic E-state index is 14.0. The standard InChI is InChI=1S/C28H30N2O4S/c1-19-9-11-21(12-10-19)28(32)34-25-26(20-13-15-22(33-4)16-14-20)35-24-8-6-5-7-23(24)30(27(25)31)18-17-29(2)3/h5-16,25-26H,17-18H2,1-4H3/t25-,26+/m1/s1. The van der Waals surface area contributed by atoms with Crippen molar-refractivity contribution in [3.05, 3.63) is 89.5 Å². The number of carbonyl (C=O) groups is 2. The minimum atomic E-state index is -1.00. The number of thioether (sulfide) groups is 1. The fraction of sp³-hybridized carbons (Fsp3) is 0.286. The number of esters is 1. The molecule has 0 aliphatic carbocycles. The molecule has 35 heavy (non-hydrogen) atoms. The molecular weight excluding hydrogens is 460 g/mol. The van der Waals surface area contributed by atoms with Crippen LogP contribution in [0.1, 0.15) is 26.7 Å². The molecule has 1 amide bonds. The summed E-state index contributed by atoms with van der Waals surface area (Å²) in [6, 6.07) is 22.6. The number of para-hydroxylation sites is 1. The number of hydrogen-bond acceptors (Lipinski definition) is 6. The number of amides is 1. The quantitative estimate of drug-likeness (QED) is 0.436. The number of anilines is 1. The highest BCUT2D eigenvalue weighted by molar-refractivity contribution is 7.99. The van der Waals surface area contributed by atoms with Gasteiger partial charge in [0.15, 0.2) is 6.10 Å². The van der Waals surface area contributed by atoms with Crippen molar-refractivity contribution in [3.8, 4) is 5.75 Å². The predicted molar refractivity (Wildman–Crippen MR) is 139 cm³/mol. The lowest BCUT2D eigenvalue weighted by Crippen LogP contribution is -2.45. The zero-order chi connectivity index (χ0) is 24.9. The lowest BCUT2D eigenvalue weighted by atomic mass is 10.0. The van der Waals surface area contributed by atoms with Gasteiger partial charge in [0.25, 0.3) is 5.91 Å². The van der Waals surface area contributed by atoms with Crippen molar-refractivity contribution in [3.63, 3.8) is 0 Å². The SMILES string of the molecule is COc1ccc([C@@H]2Sc3ccccc3N(CCN(C)C)C(=O)[C@@H]2OC(=O)c2ccc(C)cc2)cc1. The Labute approximate surface area is 210 Å². The first-order chi connectivity index (χ1) is 16.9. The van der Waals surface area contributed by atoms with Gasteiger partial charge in [0.1, 0.15) is 5.75 Å². The third-order valence-electron chi connectivity index (χ3n) is 5.93. The van der Waals surface area contributed by atoms with Crippen LogP contribution in [0.5, 0.6) is 5.75 Å². The lowest BCUT2D eigenvalue weighted by molar-refractivity contribution is -0.127. The van der Waals surface area contributed by atoms with E-state index >= 15 is 0 Å². The van der Waals surface area contributed by atoms with Gasteiger partial charge in [-0.2, -0.15) is 0 Å². The summed E-state index contributed by atoms with van der Waals surface area (Å²) in [5.41, 5.74) is 3.18. The van der Waals surface area contributed by atoms with E-state index in [2.05, 4.69) is 0 Å². The van der Waals surface area contributed by atoms with E-state index < -0.39 is 17.3 Å². The van der Waals surface area contributed by atoms with Gasteiger partial charge >= 0.3 is 5.97 Å². The van der Waals surface area contributed by atoms with Gasteiger partial charge in [-0.05, 0) is 63.0 Å². The third-order valence-corrected chi connectivity index (χ3v) is 7.30. The van der Waals surface area contributed by atoms with E-state index in [9.17, 15) is 9.59 Å². The fourth-order valence-electron chi connectivity index (χ4n) is 3.93. The molecule has 7 heteroatoms. The second-order valence-electron chi connectivity index (χ2n) is 8.76. The lowest BCUT2D eigenvalue weighted by Gasteiger charge is -2.28. The molecule has 3 aromatic carbocycles. The van der Waals surface area contributed by atoms with Crippen molar-refractivity contribution in [2.24, 2.45) is 0 Å². The van der Waals surface area contributed by atoms with Gasteiger partial charge in [-0.15, -0.1) is 11.8 Å². The summed E-state index contributed by atoms with van der Waals surface area (Å²) in [5, 5.41) is -0.423. The van der Waals surface area contributed by atoms with Crippen molar-refractivity contribution in [2.75, 3.05) is 39.2 Å². The molecule has 3 aromatic rings. The maximum Gasteiger partial charge on any atom is 0.338 e. The number of methoxy groups -OCH3 is 1. The summed E-state index contributed by atoms with van der Waals surface area (Å²) in [4.78, 5) is 32.0. The maximum atomic E-state index is 14.0. The second kappa shape index (κ2) is 11.0. The summed E-state index contributed by atoms with van der Waals surface area (Å²) < 4.78 is 11.3. The summed E-state index contributed by atoms with van der Waals surface area (Å²) in [5.74, 6) is -0.0218. The number of fused-ring (bicyclic) bond motifs is 1. The molecular formula is C28H30N2O4S. The highest BCUT2D eigenvalue weighted by atomic mass is 32.2. The average molecular weight is 491 g/mol. The van der Waals surface area contributed by atoms with Crippen molar-refractivity contribution >= 4 is 29.3 Å². The zero-order valence-electron chi connectivity index (χ0n) is 20.4. The Balaban J connectivity index is 1.76. The first-order valence-electron chi connectivity index (χ1n) is 11.5. The first kappa shape index (κ1) is 24.8. The molecule has 1 aliphatic heterocycles. The Bertz CT molecular complexity index is 1180. The van der Waals surface area contributed by atoms with Gasteiger partial charge in [-0.3, -0.25) is 4.79 Å². The van der Waals surface area contributed by atoms with E-state index in [1.807, 2.05) is 86.6 Å². The van der Waals surface area contributed by atoms with Crippen LogP contribution in [0.3, 0.4) is 0 Å². The predicted octanol–water partition coefficient (Wildman–Crippen LogP) is 4.97. The van der Waals surface area contributed by atoms with E-state index in [0.717, 1.165) is 27.5 Å². The third kappa shape index (κ3) is 5.69. The molecule has 0 unspecified atom stereocenters. The van der Waals surface area contributed by atoms with E-state index in [1.165, 1.54) is 11.8 Å². The topological polar surface area (TPSA) is 59.1 Å². The van der Waals surface area contributed by atoms with Gasteiger partial charge in [-0.25, -0.2) is 4.79 Å². The Morgan fingerprint density at radius 2 is 1.69 bits per heavy atom. The molecule has 0 saturated carbocycles. The number of benzene rings is 3.